The summed E-state index contributed by atoms with van der Waals surface area (Å²) in [4.78, 5) is 12.6. The summed E-state index contributed by atoms with van der Waals surface area (Å²) in [5, 5.41) is 3.07. The Morgan fingerprint density at radius 3 is 2.36 bits per heavy atom. The van der Waals surface area contributed by atoms with Crippen LogP contribution < -0.4 is 14.8 Å². The van der Waals surface area contributed by atoms with Crippen LogP contribution >= 0.6 is 0 Å². The monoisotopic (exact) mass is 341 g/mol. The van der Waals surface area contributed by atoms with Gasteiger partial charge in [0, 0.05) is 0 Å². The zero-order valence-corrected chi connectivity index (χ0v) is 15.4. The van der Waals surface area contributed by atoms with Crippen molar-refractivity contribution in [3.8, 4) is 11.5 Å². The highest BCUT2D eigenvalue weighted by Gasteiger charge is 2.20. The average Bonchev–Trinajstić information content (AvgIpc) is 2.66. The molecule has 2 unspecified atom stereocenters. The first-order valence-electron chi connectivity index (χ1n) is 8.77. The van der Waals surface area contributed by atoms with E-state index in [1.165, 1.54) is 0 Å². The van der Waals surface area contributed by atoms with Crippen LogP contribution in [0.2, 0.25) is 0 Å². The molecule has 2 atom stereocenters. The van der Waals surface area contributed by atoms with Crippen LogP contribution in [0, 0.1) is 0 Å². The molecule has 0 saturated carbocycles. The maximum atomic E-state index is 12.6. The molecule has 0 bridgehead atoms. The van der Waals surface area contributed by atoms with E-state index in [2.05, 4.69) is 12.2 Å². The molecule has 1 amide bonds. The molecule has 2 rings (SSSR count). The molecular weight excluding hydrogens is 314 g/mol. The van der Waals surface area contributed by atoms with Gasteiger partial charge in [0.05, 0.1) is 13.2 Å². The lowest BCUT2D eigenvalue weighted by Gasteiger charge is -2.22. The van der Waals surface area contributed by atoms with Crippen molar-refractivity contribution in [3.05, 3.63) is 59.7 Å². The molecule has 0 aliphatic rings. The Labute approximate surface area is 150 Å². The van der Waals surface area contributed by atoms with Gasteiger partial charge in [-0.1, -0.05) is 44.2 Å². The van der Waals surface area contributed by atoms with Crippen molar-refractivity contribution >= 4 is 5.91 Å². The molecule has 4 nitrogen and oxygen atoms in total. The van der Waals surface area contributed by atoms with Gasteiger partial charge in [-0.15, -0.1) is 0 Å². The summed E-state index contributed by atoms with van der Waals surface area (Å²) in [6.45, 7) is 5.90. The minimum absolute atomic E-state index is 0.0501. The summed E-state index contributed by atoms with van der Waals surface area (Å²) in [5.41, 5.74) is 2.15. The van der Waals surface area contributed by atoms with Crippen molar-refractivity contribution in [2.45, 2.75) is 45.8 Å². The smallest absolute Gasteiger partial charge is 0.261 e. The predicted octanol–water partition coefficient (Wildman–Crippen LogP) is 4.29. The van der Waals surface area contributed by atoms with Gasteiger partial charge < -0.3 is 14.8 Å². The lowest BCUT2D eigenvalue weighted by molar-refractivity contribution is -0.128. The molecule has 0 heterocycles. The van der Waals surface area contributed by atoms with Crippen molar-refractivity contribution in [3.63, 3.8) is 0 Å². The SMILES string of the molecule is CCc1ccccc1OC(C)C(=O)NC(CC)c1ccc(OC)cc1. The Morgan fingerprint density at radius 1 is 1.08 bits per heavy atom. The summed E-state index contributed by atoms with van der Waals surface area (Å²) in [5.74, 6) is 1.46. The minimum atomic E-state index is -0.556. The summed E-state index contributed by atoms with van der Waals surface area (Å²) >= 11 is 0. The maximum Gasteiger partial charge on any atom is 0.261 e. The quantitative estimate of drug-likeness (QED) is 0.779. The molecule has 25 heavy (non-hydrogen) atoms. The second kappa shape index (κ2) is 9.11. The van der Waals surface area contributed by atoms with Gasteiger partial charge in [0.2, 0.25) is 0 Å². The molecule has 2 aromatic carbocycles. The van der Waals surface area contributed by atoms with E-state index in [-0.39, 0.29) is 11.9 Å². The third-order valence-electron chi connectivity index (χ3n) is 4.27. The molecule has 1 N–H and O–H groups in total. The van der Waals surface area contributed by atoms with Crippen molar-refractivity contribution in [2.75, 3.05) is 7.11 Å². The highest BCUT2D eigenvalue weighted by atomic mass is 16.5. The Morgan fingerprint density at radius 2 is 1.76 bits per heavy atom. The first-order chi connectivity index (χ1) is 12.1. The number of benzene rings is 2. The van der Waals surface area contributed by atoms with E-state index < -0.39 is 6.10 Å². The van der Waals surface area contributed by atoms with Gasteiger partial charge in [0.25, 0.3) is 5.91 Å². The highest BCUT2D eigenvalue weighted by Crippen LogP contribution is 2.22. The fourth-order valence-corrected chi connectivity index (χ4v) is 2.70. The zero-order valence-electron chi connectivity index (χ0n) is 15.4. The molecule has 0 spiro atoms. The van der Waals surface area contributed by atoms with E-state index >= 15 is 0 Å². The van der Waals surface area contributed by atoms with Gasteiger partial charge in [0.15, 0.2) is 6.10 Å². The Hall–Kier alpha value is -2.49. The number of amides is 1. The van der Waals surface area contributed by atoms with Crippen molar-refractivity contribution in [1.82, 2.24) is 5.32 Å². The van der Waals surface area contributed by atoms with E-state index in [1.807, 2.05) is 55.5 Å². The molecule has 0 radical (unpaired) electrons. The molecule has 4 heteroatoms. The van der Waals surface area contributed by atoms with Crippen LogP contribution in [-0.4, -0.2) is 19.1 Å². The van der Waals surface area contributed by atoms with Gasteiger partial charge in [-0.2, -0.15) is 0 Å². The average molecular weight is 341 g/mol. The number of aryl methyl sites for hydroxylation is 1. The van der Waals surface area contributed by atoms with E-state index in [4.69, 9.17) is 9.47 Å². The molecule has 0 aromatic heterocycles. The topological polar surface area (TPSA) is 47.6 Å². The summed E-state index contributed by atoms with van der Waals surface area (Å²) < 4.78 is 11.1. The van der Waals surface area contributed by atoms with Crippen LogP contribution in [0.15, 0.2) is 48.5 Å². The van der Waals surface area contributed by atoms with E-state index in [9.17, 15) is 4.79 Å². The number of nitrogens with one attached hydrogen (secondary N) is 1. The molecule has 0 aliphatic carbocycles. The third kappa shape index (κ3) is 4.99. The standard InChI is InChI=1S/C21H27NO3/c1-5-16-9-7-8-10-20(16)25-15(3)21(23)22-19(6-2)17-11-13-18(24-4)14-12-17/h7-15,19H,5-6H2,1-4H3,(H,22,23). The second-order valence-electron chi connectivity index (χ2n) is 5.96. The molecular formula is C21H27NO3. The van der Waals surface area contributed by atoms with Crippen molar-refractivity contribution in [2.24, 2.45) is 0 Å². The molecule has 134 valence electrons. The Bertz CT molecular complexity index is 682. The van der Waals surface area contributed by atoms with E-state index in [0.717, 1.165) is 35.5 Å². The number of methoxy groups -OCH3 is 1. The highest BCUT2D eigenvalue weighted by molar-refractivity contribution is 5.81. The van der Waals surface area contributed by atoms with Gasteiger partial charge >= 0.3 is 0 Å². The van der Waals surface area contributed by atoms with E-state index in [0.29, 0.717) is 0 Å². The first kappa shape index (κ1) is 18.8. The van der Waals surface area contributed by atoms with Gasteiger partial charge in [-0.05, 0) is 49.1 Å². The van der Waals surface area contributed by atoms with Crippen LogP contribution in [0.1, 0.15) is 44.4 Å². The van der Waals surface area contributed by atoms with Crippen LogP contribution in [0.3, 0.4) is 0 Å². The van der Waals surface area contributed by atoms with Gasteiger partial charge in [-0.25, -0.2) is 0 Å². The van der Waals surface area contributed by atoms with Crippen LogP contribution in [0.5, 0.6) is 11.5 Å². The van der Waals surface area contributed by atoms with Crippen LogP contribution in [-0.2, 0) is 11.2 Å². The largest absolute Gasteiger partial charge is 0.497 e. The van der Waals surface area contributed by atoms with Crippen LogP contribution in [0.25, 0.3) is 0 Å². The minimum Gasteiger partial charge on any atom is -0.497 e. The number of hydrogen-bond acceptors (Lipinski definition) is 3. The fourth-order valence-electron chi connectivity index (χ4n) is 2.70. The van der Waals surface area contributed by atoms with Crippen molar-refractivity contribution < 1.29 is 14.3 Å². The molecule has 0 aliphatic heterocycles. The molecule has 0 saturated heterocycles. The Balaban J connectivity index is 2.02. The maximum absolute atomic E-state index is 12.6. The zero-order chi connectivity index (χ0) is 18.2. The number of hydrogen-bond donors (Lipinski definition) is 1. The summed E-state index contributed by atoms with van der Waals surface area (Å²) in [6, 6.07) is 15.5. The normalized spacial score (nSPS) is 13.0. The lowest BCUT2D eigenvalue weighted by Crippen LogP contribution is -2.38. The van der Waals surface area contributed by atoms with Crippen molar-refractivity contribution in [1.29, 1.82) is 0 Å². The summed E-state index contributed by atoms with van der Waals surface area (Å²) in [7, 11) is 1.64. The second-order valence-corrected chi connectivity index (χ2v) is 5.96. The van der Waals surface area contributed by atoms with Gasteiger partial charge in [-0.3, -0.25) is 4.79 Å². The van der Waals surface area contributed by atoms with Crippen LogP contribution in [0.4, 0.5) is 0 Å². The number of carbonyl (C=O) groups excluding carboxylic acids is 1. The first-order valence-corrected chi connectivity index (χ1v) is 8.77. The lowest BCUT2D eigenvalue weighted by atomic mass is 10.0. The molecule has 0 fully saturated rings. The number of para-hydroxylation sites is 1. The predicted molar refractivity (Wildman–Crippen MR) is 100 cm³/mol. The van der Waals surface area contributed by atoms with E-state index in [1.54, 1.807) is 14.0 Å². The fraction of sp³-hybridized carbons (Fsp3) is 0.381. The number of carbonyl (C=O) groups is 1. The summed E-state index contributed by atoms with van der Waals surface area (Å²) in [6.07, 6.45) is 1.12. The van der Waals surface area contributed by atoms with Gasteiger partial charge in [0.1, 0.15) is 11.5 Å². The number of ether oxygens (including phenoxy) is 2. The molecule has 2 aromatic rings. The number of rotatable bonds is 8. The third-order valence-corrected chi connectivity index (χ3v) is 4.27. The Kier molecular flexibility index (Phi) is 6.87.